The standard InChI is InChI=1S/C13H23N3/c1-10-13(11-6-4-3-5-7-11)15-12(8-9-14)16(10)2/h11H,3-9,14H2,1-2H3. The van der Waals surface area contributed by atoms with Gasteiger partial charge in [-0.25, -0.2) is 4.98 Å². The Balaban J connectivity index is 2.22. The van der Waals surface area contributed by atoms with Gasteiger partial charge in [-0.1, -0.05) is 19.3 Å². The number of nitrogens with two attached hydrogens (primary N) is 1. The summed E-state index contributed by atoms with van der Waals surface area (Å²) in [5.41, 5.74) is 8.30. The Kier molecular flexibility index (Phi) is 3.64. The van der Waals surface area contributed by atoms with Crippen molar-refractivity contribution in [1.82, 2.24) is 9.55 Å². The van der Waals surface area contributed by atoms with E-state index in [4.69, 9.17) is 10.7 Å². The number of nitrogens with zero attached hydrogens (tertiary/aromatic N) is 2. The van der Waals surface area contributed by atoms with Crippen molar-refractivity contribution in [1.29, 1.82) is 0 Å². The second-order valence-corrected chi connectivity index (χ2v) is 4.93. The van der Waals surface area contributed by atoms with E-state index >= 15 is 0 Å². The summed E-state index contributed by atoms with van der Waals surface area (Å²) in [6, 6.07) is 0. The van der Waals surface area contributed by atoms with Crippen LogP contribution in [0.25, 0.3) is 0 Å². The number of rotatable bonds is 3. The summed E-state index contributed by atoms with van der Waals surface area (Å²) in [5.74, 6) is 1.85. The SMILES string of the molecule is Cc1c(C2CCCCC2)nc(CCN)n1C. The monoisotopic (exact) mass is 221 g/mol. The van der Waals surface area contributed by atoms with Crippen molar-refractivity contribution in [3.05, 3.63) is 17.2 Å². The topological polar surface area (TPSA) is 43.8 Å². The van der Waals surface area contributed by atoms with Gasteiger partial charge in [0.05, 0.1) is 5.69 Å². The number of hydrogen-bond donors (Lipinski definition) is 1. The highest BCUT2D eigenvalue weighted by atomic mass is 15.1. The van der Waals surface area contributed by atoms with E-state index in [2.05, 4.69) is 18.5 Å². The van der Waals surface area contributed by atoms with Crippen LogP contribution in [-0.2, 0) is 13.5 Å². The summed E-state index contributed by atoms with van der Waals surface area (Å²) in [5, 5.41) is 0. The third kappa shape index (κ3) is 2.14. The zero-order valence-corrected chi connectivity index (χ0v) is 10.5. The summed E-state index contributed by atoms with van der Waals surface area (Å²) < 4.78 is 2.22. The molecule has 0 saturated heterocycles. The van der Waals surface area contributed by atoms with Gasteiger partial charge in [-0.05, 0) is 26.3 Å². The van der Waals surface area contributed by atoms with Crippen LogP contribution in [0.15, 0.2) is 0 Å². The molecule has 16 heavy (non-hydrogen) atoms. The molecule has 2 rings (SSSR count). The van der Waals surface area contributed by atoms with Crippen LogP contribution in [0.1, 0.15) is 55.2 Å². The van der Waals surface area contributed by atoms with E-state index in [0.717, 1.165) is 12.2 Å². The summed E-state index contributed by atoms with van der Waals surface area (Å²) in [4.78, 5) is 4.81. The van der Waals surface area contributed by atoms with Crippen molar-refractivity contribution >= 4 is 0 Å². The smallest absolute Gasteiger partial charge is 0.110 e. The second kappa shape index (κ2) is 5.00. The van der Waals surface area contributed by atoms with Crippen molar-refractivity contribution in [3.8, 4) is 0 Å². The van der Waals surface area contributed by atoms with E-state index in [0.29, 0.717) is 12.5 Å². The fraction of sp³-hybridized carbons (Fsp3) is 0.769. The first-order valence-corrected chi connectivity index (χ1v) is 6.46. The van der Waals surface area contributed by atoms with Crippen molar-refractivity contribution < 1.29 is 0 Å². The fourth-order valence-electron chi connectivity index (χ4n) is 2.78. The molecule has 0 amide bonds. The van der Waals surface area contributed by atoms with E-state index in [1.807, 2.05) is 0 Å². The number of imidazole rings is 1. The largest absolute Gasteiger partial charge is 0.335 e. The molecule has 1 aromatic heterocycles. The average Bonchev–Trinajstić information content (AvgIpc) is 2.59. The maximum absolute atomic E-state index is 5.61. The molecule has 1 saturated carbocycles. The van der Waals surface area contributed by atoms with Crippen LogP contribution in [0.2, 0.25) is 0 Å². The predicted octanol–water partition coefficient (Wildman–Crippen LogP) is 2.28. The summed E-state index contributed by atoms with van der Waals surface area (Å²) >= 11 is 0. The molecule has 1 aliphatic carbocycles. The third-order valence-corrected chi connectivity index (χ3v) is 3.87. The molecule has 3 nitrogen and oxygen atoms in total. The normalized spacial score (nSPS) is 17.9. The van der Waals surface area contributed by atoms with Crippen molar-refractivity contribution in [3.63, 3.8) is 0 Å². The molecule has 0 radical (unpaired) electrons. The Labute approximate surface area is 98.1 Å². The van der Waals surface area contributed by atoms with Crippen LogP contribution >= 0.6 is 0 Å². The van der Waals surface area contributed by atoms with E-state index < -0.39 is 0 Å². The Bertz CT molecular complexity index is 348. The number of hydrogen-bond acceptors (Lipinski definition) is 2. The second-order valence-electron chi connectivity index (χ2n) is 4.93. The molecule has 1 fully saturated rings. The Morgan fingerprint density at radius 1 is 1.31 bits per heavy atom. The lowest BCUT2D eigenvalue weighted by molar-refractivity contribution is 0.435. The van der Waals surface area contributed by atoms with Crippen LogP contribution < -0.4 is 5.73 Å². The van der Waals surface area contributed by atoms with E-state index in [1.54, 1.807) is 0 Å². The van der Waals surface area contributed by atoms with Gasteiger partial charge in [0.2, 0.25) is 0 Å². The highest BCUT2D eigenvalue weighted by Crippen LogP contribution is 2.33. The predicted molar refractivity (Wildman–Crippen MR) is 66.5 cm³/mol. The van der Waals surface area contributed by atoms with Gasteiger partial charge in [0.1, 0.15) is 5.82 Å². The minimum atomic E-state index is 0.689. The highest BCUT2D eigenvalue weighted by Gasteiger charge is 2.21. The van der Waals surface area contributed by atoms with E-state index in [1.165, 1.54) is 43.5 Å². The molecule has 0 bridgehead atoms. The minimum Gasteiger partial charge on any atom is -0.335 e. The quantitative estimate of drug-likeness (QED) is 0.851. The lowest BCUT2D eigenvalue weighted by Gasteiger charge is -2.20. The van der Waals surface area contributed by atoms with Gasteiger partial charge in [0, 0.05) is 25.1 Å². The maximum atomic E-state index is 5.61. The summed E-state index contributed by atoms with van der Waals surface area (Å²) in [7, 11) is 2.11. The Morgan fingerprint density at radius 3 is 2.62 bits per heavy atom. The van der Waals surface area contributed by atoms with Gasteiger partial charge in [-0.15, -0.1) is 0 Å². The van der Waals surface area contributed by atoms with Crippen molar-refractivity contribution in [2.45, 2.75) is 51.4 Å². The molecule has 0 atom stereocenters. The first kappa shape index (κ1) is 11.6. The van der Waals surface area contributed by atoms with Crippen LogP contribution in [0, 0.1) is 6.92 Å². The van der Waals surface area contributed by atoms with Gasteiger partial charge < -0.3 is 10.3 Å². The summed E-state index contributed by atoms with van der Waals surface area (Å²) in [6.07, 6.45) is 7.67. The molecule has 1 aromatic rings. The molecule has 0 spiro atoms. The zero-order chi connectivity index (χ0) is 11.5. The molecule has 0 aromatic carbocycles. The molecular formula is C13H23N3. The Hall–Kier alpha value is -0.830. The van der Waals surface area contributed by atoms with Crippen LogP contribution in [0.4, 0.5) is 0 Å². The summed E-state index contributed by atoms with van der Waals surface area (Å²) in [6.45, 7) is 2.88. The van der Waals surface area contributed by atoms with Gasteiger partial charge >= 0.3 is 0 Å². The molecule has 0 aliphatic heterocycles. The van der Waals surface area contributed by atoms with Crippen LogP contribution in [0.5, 0.6) is 0 Å². The molecule has 3 heteroatoms. The van der Waals surface area contributed by atoms with Gasteiger partial charge in [-0.2, -0.15) is 0 Å². The fourth-order valence-corrected chi connectivity index (χ4v) is 2.78. The van der Waals surface area contributed by atoms with E-state index in [-0.39, 0.29) is 0 Å². The van der Waals surface area contributed by atoms with Crippen molar-refractivity contribution in [2.75, 3.05) is 6.54 Å². The van der Waals surface area contributed by atoms with Gasteiger partial charge in [0.25, 0.3) is 0 Å². The molecular weight excluding hydrogens is 198 g/mol. The van der Waals surface area contributed by atoms with Gasteiger partial charge in [-0.3, -0.25) is 0 Å². The first-order chi connectivity index (χ1) is 7.74. The third-order valence-electron chi connectivity index (χ3n) is 3.87. The minimum absolute atomic E-state index is 0.689. The zero-order valence-electron chi connectivity index (χ0n) is 10.5. The average molecular weight is 221 g/mol. The van der Waals surface area contributed by atoms with Gasteiger partial charge in [0.15, 0.2) is 0 Å². The number of aromatic nitrogens is 2. The lowest BCUT2D eigenvalue weighted by atomic mass is 9.86. The molecule has 2 N–H and O–H groups in total. The lowest BCUT2D eigenvalue weighted by Crippen LogP contribution is -2.08. The maximum Gasteiger partial charge on any atom is 0.110 e. The molecule has 0 unspecified atom stereocenters. The van der Waals surface area contributed by atoms with Crippen LogP contribution in [0.3, 0.4) is 0 Å². The van der Waals surface area contributed by atoms with Crippen molar-refractivity contribution in [2.24, 2.45) is 12.8 Å². The van der Waals surface area contributed by atoms with Crippen LogP contribution in [-0.4, -0.2) is 16.1 Å². The molecule has 1 aliphatic rings. The first-order valence-electron chi connectivity index (χ1n) is 6.46. The van der Waals surface area contributed by atoms with E-state index in [9.17, 15) is 0 Å². The molecule has 1 heterocycles. The Morgan fingerprint density at radius 2 is 2.00 bits per heavy atom. The highest BCUT2D eigenvalue weighted by molar-refractivity contribution is 5.20. The molecule has 90 valence electrons.